The van der Waals surface area contributed by atoms with E-state index in [1.54, 1.807) is 0 Å². The summed E-state index contributed by atoms with van der Waals surface area (Å²) in [6.07, 6.45) is 74.7. The molecule has 0 rings (SSSR count). The highest BCUT2D eigenvalue weighted by atomic mass is 31.2. The van der Waals surface area contributed by atoms with Crippen molar-refractivity contribution in [3.63, 3.8) is 0 Å². The molecule has 374 valence electrons. The van der Waals surface area contributed by atoms with Crippen LogP contribution in [-0.2, 0) is 27.9 Å². The van der Waals surface area contributed by atoms with E-state index in [-0.39, 0.29) is 32.1 Å². The average molecular weight is 946 g/mol. The summed E-state index contributed by atoms with van der Waals surface area (Å²) in [6, 6.07) is 0. The van der Waals surface area contributed by atoms with Crippen molar-refractivity contribution in [2.75, 3.05) is 26.4 Å². The van der Waals surface area contributed by atoms with Crippen molar-refractivity contribution in [3.8, 4) is 0 Å². The second-order valence-electron chi connectivity index (χ2n) is 15.7. The van der Waals surface area contributed by atoms with E-state index in [0.29, 0.717) is 19.3 Å². The normalized spacial score (nSPS) is 14.5. The van der Waals surface area contributed by atoms with Gasteiger partial charge in [0.1, 0.15) is 12.7 Å². The predicted octanol–water partition coefficient (Wildman–Crippen LogP) is 15.0. The van der Waals surface area contributed by atoms with Crippen LogP contribution in [0.15, 0.2) is 158 Å². The van der Waals surface area contributed by atoms with Gasteiger partial charge in [0.15, 0.2) is 0 Å². The Labute approximate surface area is 407 Å². The van der Waals surface area contributed by atoms with Crippen molar-refractivity contribution < 1.29 is 37.9 Å². The van der Waals surface area contributed by atoms with Crippen LogP contribution >= 0.6 is 7.82 Å². The van der Waals surface area contributed by atoms with Gasteiger partial charge in [0.05, 0.1) is 13.2 Å². The molecule has 0 spiro atoms. The number of aliphatic hydroxyl groups excluding tert-OH is 1. The van der Waals surface area contributed by atoms with Crippen LogP contribution in [0.25, 0.3) is 0 Å². The van der Waals surface area contributed by atoms with Gasteiger partial charge in [-0.15, -0.1) is 0 Å². The molecule has 0 aliphatic heterocycles. The monoisotopic (exact) mass is 946 g/mol. The van der Waals surface area contributed by atoms with E-state index < -0.39 is 26.5 Å². The highest BCUT2D eigenvalue weighted by Gasteiger charge is 2.23. The fraction of sp³-hybridized carbons (Fsp3) is 0.509. The molecule has 0 bridgehead atoms. The van der Waals surface area contributed by atoms with Gasteiger partial charge in [-0.1, -0.05) is 185 Å². The maximum Gasteiger partial charge on any atom is 0.472 e. The number of phosphoric acid groups is 1. The lowest BCUT2D eigenvalue weighted by Gasteiger charge is -2.15. The van der Waals surface area contributed by atoms with Crippen LogP contribution in [0.5, 0.6) is 0 Å². The quantitative estimate of drug-likeness (QED) is 0.0238. The number of carbonyl (C=O) groups excluding carboxylic acids is 2. The van der Waals surface area contributed by atoms with Crippen LogP contribution in [0.3, 0.4) is 0 Å². The van der Waals surface area contributed by atoms with Crippen LogP contribution < -0.4 is 5.32 Å². The number of aliphatic hydroxyl groups is 1. The Hall–Kier alpha value is -4.37. The number of hydrogen-bond acceptors (Lipinski definition) is 7. The van der Waals surface area contributed by atoms with Gasteiger partial charge in [0, 0.05) is 19.4 Å². The number of nitrogens with one attached hydrogen (secondary N) is 1. The number of amides is 1. The first-order valence-corrected chi connectivity index (χ1v) is 26.5. The topological polar surface area (TPSA) is 131 Å². The molecule has 0 heterocycles. The molecule has 0 radical (unpaired) electrons. The molecule has 0 aliphatic carbocycles. The molecule has 2 unspecified atom stereocenters. The Balaban J connectivity index is 3.76. The van der Waals surface area contributed by atoms with Gasteiger partial charge < -0.3 is 20.1 Å². The number of carbonyl (C=O) groups is 2. The third kappa shape index (κ3) is 52.5. The second-order valence-corrected chi connectivity index (χ2v) is 17.1. The molecule has 0 saturated heterocycles. The summed E-state index contributed by atoms with van der Waals surface area (Å²) in [4.78, 5) is 34.0. The summed E-state index contributed by atoms with van der Waals surface area (Å²) >= 11 is 0. The van der Waals surface area contributed by atoms with Crippen molar-refractivity contribution in [3.05, 3.63) is 158 Å². The number of phosphoric ester groups is 1. The maximum absolute atomic E-state index is 12.1. The molecule has 0 aliphatic rings. The van der Waals surface area contributed by atoms with E-state index in [0.717, 1.165) is 116 Å². The molecule has 0 saturated carbocycles. The van der Waals surface area contributed by atoms with E-state index >= 15 is 0 Å². The van der Waals surface area contributed by atoms with E-state index in [2.05, 4.69) is 177 Å². The van der Waals surface area contributed by atoms with Gasteiger partial charge in [0.2, 0.25) is 5.91 Å². The summed E-state index contributed by atoms with van der Waals surface area (Å²) in [7, 11) is -4.46. The molecule has 9 nitrogen and oxygen atoms in total. The summed E-state index contributed by atoms with van der Waals surface area (Å²) in [6.45, 7) is 3.19. The molecule has 2 atom stereocenters. The fourth-order valence-corrected chi connectivity index (χ4v) is 6.54. The van der Waals surface area contributed by atoms with Crippen molar-refractivity contribution in [2.45, 2.75) is 161 Å². The smallest absolute Gasteiger partial charge is 0.463 e. The first-order valence-electron chi connectivity index (χ1n) is 25.0. The van der Waals surface area contributed by atoms with Gasteiger partial charge in [-0.3, -0.25) is 18.6 Å². The summed E-state index contributed by atoms with van der Waals surface area (Å²) in [5.41, 5.74) is 0. The third-order valence-electron chi connectivity index (χ3n) is 9.45. The van der Waals surface area contributed by atoms with Crippen molar-refractivity contribution in [1.29, 1.82) is 0 Å². The number of esters is 1. The molecular weight excluding hydrogens is 858 g/mol. The molecular formula is C57H88NO8P. The summed E-state index contributed by atoms with van der Waals surface area (Å²) < 4.78 is 26.9. The first kappa shape index (κ1) is 62.6. The minimum Gasteiger partial charge on any atom is -0.463 e. The van der Waals surface area contributed by atoms with E-state index in [9.17, 15) is 24.2 Å². The zero-order valence-electron chi connectivity index (χ0n) is 41.3. The molecule has 10 heteroatoms. The van der Waals surface area contributed by atoms with Crippen molar-refractivity contribution in [2.24, 2.45) is 0 Å². The van der Waals surface area contributed by atoms with Crippen LogP contribution in [-0.4, -0.2) is 54.3 Å². The lowest BCUT2D eigenvalue weighted by molar-refractivity contribution is -0.147. The van der Waals surface area contributed by atoms with Crippen molar-refractivity contribution >= 4 is 19.7 Å². The summed E-state index contributed by atoms with van der Waals surface area (Å²) in [5, 5.41) is 12.7. The minimum absolute atomic E-state index is 0.0357. The largest absolute Gasteiger partial charge is 0.472 e. The lowest BCUT2D eigenvalue weighted by Crippen LogP contribution is -2.27. The maximum atomic E-state index is 12.1. The number of allylic oxidation sites excluding steroid dienone is 26. The SMILES string of the molecule is CC/C=C\C/C=C\C/C=C\C/C=C\C/C=C\C/C=C\C/C=C\CCCC(=O)NCCOP(=O)(O)OCC(O)COC(=O)CCCCCC/C=C\C/C=C\C/C=C\C/C=C\C/C=C\C/C=C\CC. The van der Waals surface area contributed by atoms with Gasteiger partial charge in [0.25, 0.3) is 0 Å². The molecule has 1 amide bonds. The Morgan fingerprint density at radius 1 is 0.463 bits per heavy atom. The third-order valence-corrected chi connectivity index (χ3v) is 10.4. The zero-order valence-corrected chi connectivity index (χ0v) is 42.2. The van der Waals surface area contributed by atoms with Gasteiger partial charge in [-0.05, 0) is 116 Å². The Bertz CT molecular complexity index is 1640. The standard InChI is InChI=1S/C57H88NO8P/c1-3-5-7-9-11-13-15-17-19-21-23-25-27-29-31-33-35-37-39-41-43-45-47-49-56(60)58-51-52-65-67(62,63)66-54-55(59)53-64-57(61)50-48-46-44-42-40-38-36-34-32-30-28-26-24-22-20-18-16-14-12-10-8-6-4-2/h5-8,11-14,17-20,23-26,29-32,35-38,41,43,55,59H,3-4,9-10,15-16,21-22,27-28,33-34,39-40,42,44-54H2,1-2H3,(H,58,60)(H,62,63)/b7-5-,8-6-,13-11-,14-12-,19-17-,20-18-,25-23-,26-24-,31-29-,32-30-,37-35-,38-36-,43-41-. The van der Waals surface area contributed by atoms with Gasteiger partial charge >= 0.3 is 13.8 Å². The Morgan fingerprint density at radius 3 is 1.22 bits per heavy atom. The second kappa shape index (κ2) is 51.0. The summed E-state index contributed by atoms with van der Waals surface area (Å²) in [5.74, 6) is -0.618. The van der Waals surface area contributed by atoms with Crippen LogP contribution in [0.2, 0.25) is 0 Å². The van der Waals surface area contributed by atoms with Gasteiger partial charge in [-0.25, -0.2) is 4.57 Å². The number of rotatable bonds is 44. The highest BCUT2D eigenvalue weighted by molar-refractivity contribution is 7.47. The molecule has 3 N–H and O–H groups in total. The predicted molar refractivity (Wildman–Crippen MR) is 283 cm³/mol. The molecule has 0 fully saturated rings. The van der Waals surface area contributed by atoms with E-state index in [1.807, 2.05) is 0 Å². The van der Waals surface area contributed by atoms with Crippen LogP contribution in [0, 0.1) is 0 Å². The average Bonchev–Trinajstić information content (AvgIpc) is 3.32. The Morgan fingerprint density at radius 2 is 0.821 bits per heavy atom. The lowest BCUT2D eigenvalue weighted by atomic mass is 10.1. The minimum atomic E-state index is -4.46. The molecule has 0 aromatic heterocycles. The van der Waals surface area contributed by atoms with E-state index in [1.165, 1.54) is 0 Å². The van der Waals surface area contributed by atoms with Crippen molar-refractivity contribution in [1.82, 2.24) is 5.32 Å². The van der Waals surface area contributed by atoms with E-state index in [4.69, 9.17) is 13.8 Å². The van der Waals surface area contributed by atoms with Crippen LogP contribution in [0.4, 0.5) is 0 Å². The number of hydrogen-bond donors (Lipinski definition) is 3. The van der Waals surface area contributed by atoms with Gasteiger partial charge in [-0.2, -0.15) is 0 Å². The molecule has 67 heavy (non-hydrogen) atoms. The molecule has 0 aromatic rings. The molecule has 0 aromatic carbocycles. The number of ether oxygens (including phenoxy) is 1. The fourth-order valence-electron chi connectivity index (χ4n) is 5.78. The Kier molecular flexibility index (Phi) is 47.7. The van der Waals surface area contributed by atoms with Crippen LogP contribution in [0.1, 0.15) is 155 Å². The first-order chi connectivity index (χ1) is 32.8. The number of unbranched alkanes of at least 4 members (excludes halogenated alkanes) is 5. The highest BCUT2D eigenvalue weighted by Crippen LogP contribution is 2.42. The zero-order chi connectivity index (χ0) is 48.8.